The largest absolute Gasteiger partial charge is 0.342 e. The van der Waals surface area contributed by atoms with Gasteiger partial charge in [-0.2, -0.15) is 5.10 Å². The summed E-state index contributed by atoms with van der Waals surface area (Å²) in [5.41, 5.74) is 1.30. The van der Waals surface area contributed by atoms with Crippen LogP contribution in [0, 0.1) is 17.8 Å². The SMILES string of the molecule is CC.CC(C)CC(=O)CCCCN1CCC(C(=O)N2CCC(Cn3cc(C(C)C)cn3)CC2)CC1. The highest BCUT2D eigenvalue weighted by atomic mass is 16.2. The van der Waals surface area contributed by atoms with E-state index in [1.165, 1.54) is 5.56 Å². The van der Waals surface area contributed by atoms with Gasteiger partial charge in [-0.15, -0.1) is 0 Å². The first kappa shape index (κ1) is 29.5. The van der Waals surface area contributed by atoms with E-state index >= 15 is 0 Å². The topological polar surface area (TPSA) is 58.4 Å². The molecule has 200 valence electrons. The molecule has 1 aromatic heterocycles. The molecule has 6 heteroatoms. The van der Waals surface area contributed by atoms with Crippen LogP contribution < -0.4 is 0 Å². The van der Waals surface area contributed by atoms with Crippen LogP contribution in [0.2, 0.25) is 0 Å². The Kier molecular flexibility index (Phi) is 13.0. The Balaban J connectivity index is 0.00000210. The first-order valence-electron chi connectivity index (χ1n) is 14.4. The predicted molar refractivity (Wildman–Crippen MR) is 144 cm³/mol. The smallest absolute Gasteiger partial charge is 0.225 e. The Morgan fingerprint density at radius 2 is 1.63 bits per heavy atom. The van der Waals surface area contributed by atoms with Gasteiger partial charge in [0.05, 0.1) is 6.20 Å². The van der Waals surface area contributed by atoms with Crippen molar-refractivity contribution in [2.75, 3.05) is 32.7 Å². The molecular weight excluding hydrogens is 436 g/mol. The molecule has 0 spiro atoms. The molecule has 0 bridgehead atoms. The Morgan fingerprint density at radius 1 is 0.971 bits per heavy atom. The summed E-state index contributed by atoms with van der Waals surface area (Å²) in [7, 11) is 0. The summed E-state index contributed by atoms with van der Waals surface area (Å²) in [6.45, 7) is 18.5. The van der Waals surface area contributed by atoms with Crippen LogP contribution in [0.5, 0.6) is 0 Å². The maximum absolute atomic E-state index is 13.1. The number of carbonyl (C=O) groups is 2. The zero-order valence-corrected chi connectivity index (χ0v) is 23.5. The number of unbranched alkanes of at least 4 members (excludes halogenated alkanes) is 1. The van der Waals surface area contributed by atoms with Crippen LogP contribution in [0.25, 0.3) is 0 Å². The van der Waals surface area contributed by atoms with Crippen molar-refractivity contribution < 1.29 is 9.59 Å². The van der Waals surface area contributed by atoms with Crippen LogP contribution in [0.15, 0.2) is 12.4 Å². The molecule has 2 saturated heterocycles. The van der Waals surface area contributed by atoms with Crippen molar-refractivity contribution in [3.05, 3.63) is 18.0 Å². The van der Waals surface area contributed by atoms with Gasteiger partial charge in [0.1, 0.15) is 5.78 Å². The molecule has 3 rings (SSSR count). The molecule has 0 saturated carbocycles. The fourth-order valence-electron chi connectivity index (χ4n) is 5.25. The highest BCUT2D eigenvalue weighted by Crippen LogP contribution is 2.25. The molecule has 0 radical (unpaired) electrons. The summed E-state index contributed by atoms with van der Waals surface area (Å²) in [5, 5.41) is 4.53. The molecule has 0 atom stereocenters. The first-order valence-corrected chi connectivity index (χ1v) is 14.4. The second-order valence-electron chi connectivity index (χ2n) is 11.1. The predicted octanol–water partition coefficient (Wildman–Crippen LogP) is 5.77. The summed E-state index contributed by atoms with van der Waals surface area (Å²) >= 11 is 0. The lowest BCUT2D eigenvalue weighted by Crippen LogP contribution is -2.46. The molecule has 3 heterocycles. The van der Waals surface area contributed by atoms with Crippen LogP contribution in [0.4, 0.5) is 0 Å². The number of rotatable bonds is 11. The lowest BCUT2D eigenvalue weighted by molar-refractivity contribution is -0.138. The van der Waals surface area contributed by atoms with Gasteiger partial charge in [0.15, 0.2) is 0 Å². The molecular formula is C29H52N4O2. The fourth-order valence-corrected chi connectivity index (χ4v) is 5.25. The number of aromatic nitrogens is 2. The average molecular weight is 489 g/mol. The highest BCUT2D eigenvalue weighted by Gasteiger charge is 2.31. The van der Waals surface area contributed by atoms with E-state index < -0.39 is 0 Å². The van der Waals surface area contributed by atoms with E-state index in [2.05, 4.69) is 53.5 Å². The number of carbonyl (C=O) groups excluding carboxylic acids is 2. The van der Waals surface area contributed by atoms with Crippen LogP contribution in [-0.4, -0.2) is 64.0 Å². The van der Waals surface area contributed by atoms with E-state index in [1.54, 1.807) is 0 Å². The van der Waals surface area contributed by atoms with Crippen molar-refractivity contribution in [1.82, 2.24) is 19.6 Å². The second kappa shape index (κ2) is 15.4. The van der Waals surface area contributed by atoms with Crippen LogP contribution in [0.1, 0.15) is 104 Å². The van der Waals surface area contributed by atoms with E-state index in [9.17, 15) is 9.59 Å². The van der Waals surface area contributed by atoms with E-state index in [1.807, 2.05) is 20.0 Å². The maximum Gasteiger partial charge on any atom is 0.225 e. The molecule has 0 N–H and O–H groups in total. The van der Waals surface area contributed by atoms with Gasteiger partial charge in [-0.05, 0) is 81.5 Å². The van der Waals surface area contributed by atoms with Crippen LogP contribution in [-0.2, 0) is 16.1 Å². The summed E-state index contributed by atoms with van der Waals surface area (Å²) < 4.78 is 2.09. The molecule has 0 aliphatic carbocycles. The molecule has 6 nitrogen and oxygen atoms in total. The molecule has 2 fully saturated rings. The molecule has 1 aromatic rings. The number of Topliss-reactive ketones (excluding diaryl/α,β-unsaturated/α-hetero) is 1. The summed E-state index contributed by atoms with van der Waals surface area (Å²) in [4.78, 5) is 29.5. The van der Waals surface area contributed by atoms with E-state index in [-0.39, 0.29) is 5.92 Å². The number of ketones is 1. The van der Waals surface area contributed by atoms with Gasteiger partial charge in [-0.1, -0.05) is 41.5 Å². The van der Waals surface area contributed by atoms with Crippen LogP contribution in [0.3, 0.4) is 0 Å². The van der Waals surface area contributed by atoms with E-state index in [0.717, 1.165) is 84.2 Å². The molecule has 35 heavy (non-hydrogen) atoms. The highest BCUT2D eigenvalue weighted by molar-refractivity contribution is 5.79. The van der Waals surface area contributed by atoms with Crippen LogP contribution >= 0.6 is 0 Å². The number of amides is 1. The summed E-state index contributed by atoms with van der Waals surface area (Å²) in [6.07, 6.45) is 11.8. The maximum atomic E-state index is 13.1. The van der Waals surface area contributed by atoms with Crippen molar-refractivity contribution >= 4 is 11.7 Å². The van der Waals surface area contributed by atoms with Gasteiger partial charge < -0.3 is 9.80 Å². The third-order valence-electron chi connectivity index (χ3n) is 7.44. The number of piperidine rings is 2. The summed E-state index contributed by atoms with van der Waals surface area (Å²) in [5.74, 6) is 2.59. The van der Waals surface area contributed by atoms with Gasteiger partial charge in [-0.3, -0.25) is 14.3 Å². The molecule has 1 amide bonds. The van der Waals surface area contributed by atoms with Gasteiger partial charge in [0.25, 0.3) is 0 Å². The zero-order valence-electron chi connectivity index (χ0n) is 23.5. The van der Waals surface area contributed by atoms with Crippen molar-refractivity contribution in [2.45, 2.75) is 105 Å². The Labute approximate surface area is 214 Å². The van der Waals surface area contributed by atoms with E-state index in [0.29, 0.717) is 35.9 Å². The number of hydrogen-bond acceptors (Lipinski definition) is 4. The zero-order chi connectivity index (χ0) is 25.8. The third-order valence-corrected chi connectivity index (χ3v) is 7.44. The quantitative estimate of drug-likeness (QED) is 0.371. The van der Waals surface area contributed by atoms with Gasteiger partial charge in [0, 0.05) is 44.6 Å². The molecule has 0 unspecified atom stereocenters. The van der Waals surface area contributed by atoms with Crippen molar-refractivity contribution in [3.63, 3.8) is 0 Å². The summed E-state index contributed by atoms with van der Waals surface area (Å²) in [6, 6.07) is 0. The fraction of sp³-hybridized carbons (Fsp3) is 0.828. The minimum atomic E-state index is 0.199. The van der Waals surface area contributed by atoms with Gasteiger partial charge >= 0.3 is 0 Å². The lowest BCUT2D eigenvalue weighted by atomic mass is 9.92. The molecule has 2 aliphatic heterocycles. The van der Waals surface area contributed by atoms with Crippen molar-refractivity contribution in [1.29, 1.82) is 0 Å². The Hall–Kier alpha value is -1.69. The lowest BCUT2D eigenvalue weighted by Gasteiger charge is -2.37. The monoisotopic (exact) mass is 488 g/mol. The normalized spacial score (nSPS) is 18.1. The Morgan fingerprint density at radius 3 is 2.20 bits per heavy atom. The first-order chi connectivity index (χ1) is 16.8. The standard InChI is InChI=1S/C27H46N4O2.C2H6/c1-21(2)17-26(32)7-5-6-12-29-13-10-24(11-14-29)27(33)30-15-8-23(9-16-30)19-31-20-25(18-28-31)22(3)4;1-2/h18,20-24H,5-17,19H2,1-4H3;1-2H3. The van der Waals surface area contributed by atoms with E-state index in [4.69, 9.17) is 0 Å². The van der Waals surface area contributed by atoms with Gasteiger partial charge in [0.2, 0.25) is 5.91 Å². The average Bonchev–Trinajstić information content (AvgIpc) is 3.32. The minimum absolute atomic E-state index is 0.199. The second-order valence-corrected chi connectivity index (χ2v) is 11.1. The number of likely N-dealkylation sites (tertiary alicyclic amines) is 2. The Bertz CT molecular complexity index is 742. The molecule has 2 aliphatic rings. The van der Waals surface area contributed by atoms with Crippen molar-refractivity contribution in [3.8, 4) is 0 Å². The minimum Gasteiger partial charge on any atom is -0.342 e. The number of hydrogen-bond donors (Lipinski definition) is 0. The number of nitrogens with zero attached hydrogens (tertiary/aromatic N) is 4. The molecule has 0 aromatic carbocycles. The van der Waals surface area contributed by atoms with Gasteiger partial charge in [-0.25, -0.2) is 0 Å². The van der Waals surface area contributed by atoms with Crippen molar-refractivity contribution in [2.24, 2.45) is 17.8 Å². The third kappa shape index (κ3) is 10.1.